The lowest BCUT2D eigenvalue weighted by Crippen LogP contribution is -2.39. The molecule has 25 heavy (non-hydrogen) atoms. The number of hydrogen-bond donors (Lipinski definition) is 2. The van der Waals surface area contributed by atoms with Gasteiger partial charge >= 0.3 is 0 Å². The van der Waals surface area contributed by atoms with Crippen molar-refractivity contribution in [1.82, 2.24) is 24.5 Å². The molecule has 0 spiro atoms. The van der Waals surface area contributed by atoms with E-state index in [-0.39, 0.29) is 5.91 Å². The summed E-state index contributed by atoms with van der Waals surface area (Å²) in [6.45, 7) is 3.75. The number of pyridine rings is 1. The Hall–Kier alpha value is -3.23. The highest BCUT2D eigenvalue weighted by atomic mass is 16.2. The molecule has 9 heteroatoms. The Bertz CT molecular complexity index is 950. The summed E-state index contributed by atoms with van der Waals surface area (Å²) in [4.78, 5) is 31.2. The van der Waals surface area contributed by atoms with E-state index in [0.717, 1.165) is 17.1 Å². The number of nitrogens with two attached hydrogens (primary N) is 1. The molecule has 1 aliphatic heterocycles. The monoisotopic (exact) mass is 338 g/mol. The van der Waals surface area contributed by atoms with E-state index in [0.29, 0.717) is 43.0 Å². The molecule has 9 nitrogen and oxygen atoms in total. The Labute approximate surface area is 143 Å². The second kappa shape index (κ2) is 6.00. The molecule has 0 radical (unpaired) electrons. The number of nitrogens with one attached hydrogen (secondary N) is 1. The third kappa shape index (κ3) is 2.73. The van der Waals surface area contributed by atoms with E-state index in [4.69, 9.17) is 5.73 Å². The number of imidazole rings is 1. The van der Waals surface area contributed by atoms with Gasteiger partial charge in [0.05, 0.1) is 12.0 Å². The summed E-state index contributed by atoms with van der Waals surface area (Å²) in [6, 6.07) is 1.98. The van der Waals surface area contributed by atoms with Crippen molar-refractivity contribution in [3.05, 3.63) is 30.5 Å². The number of anilines is 3. The maximum absolute atomic E-state index is 12.7. The minimum absolute atomic E-state index is 0.0408. The normalized spacial score (nSPS) is 13.6. The lowest BCUT2D eigenvalue weighted by atomic mass is 10.2. The molecule has 0 bridgehead atoms. The van der Waals surface area contributed by atoms with Crippen LogP contribution in [0.5, 0.6) is 0 Å². The molecule has 0 atom stereocenters. The van der Waals surface area contributed by atoms with Gasteiger partial charge in [0.2, 0.25) is 5.91 Å². The largest absolute Gasteiger partial charge is 0.382 e. The highest BCUT2D eigenvalue weighted by molar-refractivity contribution is 5.97. The smallest absolute Gasteiger partial charge is 0.228 e. The van der Waals surface area contributed by atoms with Gasteiger partial charge in [-0.3, -0.25) is 4.79 Å². The molecule has 0 saturated carbocycles. The number of carbonyl (C=O) groups excluding carboxylic acids is 1. The van der Waals surface area contributed by atoms with Gasteiger partial charge in [0.1, 0.15) is 17.7 Å². The van der Waals surface area contributed by atoms with E-state index >= 15 is 0 Å². The van der Waals surface area contributed by atoms with Crippen molar-refractivity contribution in [3.8, 4) is 0 Å². The van der Waals surface area contributed by atoms with Gasteiger partial charge < -0.3 is 20.5 Å². The fourth-order valence-electron chi connectivity index (χ4n) is 2.97. The van der Waals surface area contributed by atoms with Crippen LogP contribution in [0.2, 0.25) is 0 Å². The van der Waals surface area contributed by atoms with Crippen LogP contribution in [-0.4, -0.2) is 43.5 Å². The van der Waals surface area contributed by atoms with E-state index in [2.05, 4.69) is 25.3 Å². The molecule has 0 fully saturated rings. The molecule has 0 saturated heterocycles. The molecular weight excluding hydrogens is 320 g/mol. The average molecular weight is 338 g/mol. The van der Waals surface area contributed by atoms with Crippen molar-refractivity contribution < 1.29 is 4.79 Å². The number of aryl methyl sites for hydroxylation is 2. The van der Waals surface area contributed by atoms with E-state index in [1.54, 1.807) is 17.4 Å². The first-order valence-corrected chi connectivity index (χ1v) is 8.05. The molecule has 3 aromatic heterocycles. The number of hydrogen-bond acceptors (Lipinski definition) is 7. The minimum Gasteiger partial charge on any atom is -0.382 e. The maximum Gasteiger partial charge on any atom is 0.228 e. The topological polar surface area (TPSA) is 115 Å². The Morgan fingerprint density at radius 3 is 3.08 bits per heavy atom. The van der Waals surface area contributed by atoms with Gasteiger partial charge in [0.15, 0.2) is 11.5 Å². The number of fused-ring (bicyclic) bond motifs is 2. The summed E-state index contributed by atoms with van der Waals surface area (Å²) in [5.74, 6) is 1.13. The van der Waals surface area contributed by atoms with Crippen LogP contribution in [0.3, 0.4) is 0 Å². The Balaban J connectivity index is 1.53. The maximum atomic E-state index is 12.7. The number of aromatic nitrogens is 5. The van der Waals surface area contributed by atoms with E-state index in [9.17, 15) is 4.79 Å². The van der Waals surface area contributed by atoms with Crippen LogP contribution in [0.25, 0.3) is 11.2 Å². The SMILES string of the molecule is Cc1cnc2c(c1)N(C(=O)CCn1cnc3c(N)ncnc31)CCN2. The summed E-state index contributed by atoms with van der Waals surface area (Å²) in [6.07, 6.45) is 5.17. The van der Waals surface area contributed by atoms with Gasteiger partial charge in [-0.15, -0.1) is 0 Å². The zero-order valence-corrected chi connectivity index (χ0v) is 13.8. The molecule has 1 aliphatic rings. The highest BCUT2D eigenvalue weighted by Gasteiger charge is 2.23. The molecule has 4 heterocycles. The summed E-state index contributed by atoms with van der Waals surface area (Å²) < 4.78 is 1.82. The molecular formula is C16H18N8O. The standard InChI is InChI=1S/C16H18N8O/c1-10-6-11-15(19-7-10)18-3-5-24(11)12(25)2-4-23-9-22-13-14(17)20-8-21-16(13)23/h6-9H,2-5H2,1H3,(H,18,19)(H2,17,20,21). The van der Waals surface area contributed by atoms with Crippen LogP contribution in [0.4, 0.5) is 17.3 Å². The zero-order chi connectivity index (χ0) is 17.4. The lowest BCUT2D eigenvalue weighted by Gasteiger charge is -2.29. The summed E-state index contributed by atoms with van der Waals surface area (Å²) in [5, 5.41) is 3.22. The number of nitrogen functional groups attached to an aromatic ring is 1. The zero-order valence-electron chi connectivity index (χ0n) is 13.8. The Kier molecular flexibility index (Phi) is 3.68. The van der Waals surface area contributed by atoms with Crippen molar-refractivity contribution in [2.24, 2.45) is 0 Å². The third-order valence-corrected chi connectivity index (χ3v) is 4.22. The summed E-state index contributed by atoms with van der Waals surface area (Å²) in [5.41, 5.74) is 8.84. The molecule has 4 rings (SSSR count). The quantitative estimate of drug-likeness (QED) is 0.731. The predicted molar refractivity (Wildman–Crippen MR) is 94.2 cm³/mol. The van der Waals surface area contributed by atoms with E-state index in [1.807, 2.05) is 17.6 Å². The number of carbonyl (C=O) groups is 1. The fourth-order valence-corrected chi connectivity index (χ4v) is 2.97. The predicted octanol–water partition coefficient (Wildman–Crippen LogP) is 0.961. The van der Waals surface area contributed by atoms with Gasteiger partial charge in [-0.25, -0.2) is 19.9 Å². The third-order valence-electron chi connectivity index (χ3n) is 4.22. The van der Waals surface area contributed by atoms with Crippen LogP contribution in [0.15, 0.2) is 24.9 Å². The molecule has 3 N–H and O–H groups in total. The molecule has 128 valence electrons. The van der Waals surface area contributed by atoms with Crippen molar-refractivity contribution >= 4 is 34.4 Å². The average Bonchev–Trinajstić information content (AvgIpc) is 3.03. The van der Waals surface area contributed by atoms with Crippen LogP contribution in [-0.2, 0) is 11.3 Å². The summed E-state index contributed by atoms with van der Waals surface area (Å²) >= 11 is 0. The highest BCUT2D eigenvalue weighted by Crippen LogP contribution is 2.28. The Morgan fingerprint density at radius 2 is 2.20 bits per heavy atom. The first-order valence-electron chi connectivity index (χ1n) is 8.05. The minimum atomic E-state index is 0.0408. The lowest BCUT2D eigenvalue weighted by molar-refractivity contribution is -0.118. The fraction of sp³-hybridized carbons (Fsp3) is 0.312. The van der Waals surface area contributed by atoms with E-state index < -0.39 is 0 Å². The van der Waals surface area contributed by atoms with Gasteiger partial charge in [-0.05, 0) is 18.6 Å². The summed E-state index contributed by atoms with van der Waals surface area (Å²) in [7, 11) is 0. The van der Waals surface area contributed by atoms with Gasteiger partial charge in [-0.2, -0.15) is 0 Å². The van der Waals surface area contributed by atoms with Crippen molar-refractivity contribution in [2.45, 2.75) is 19.9 Å². The van der Waals surface area contributed by atoms with Gasteiger partial charge in [0, 0.05) is 32.3 Å². The van der Waals surface area contributed by atoms with Crippen molar-refractivity contribution in [2.75, 3.05) is 29.0 Å². The van der Waals surface area contributed by atoms with Gasteiger partial charge in [0.25, 0.3) is 0 Å². The van der Waals surface area contributed by atoms with Gasteiger partial charge in [-0.1, -0.05) is 0 Å². The first-order chi connectivity index (χ1) is 12.1. The first kappa shape index (κ1) is 15.3. The molecule has 0 aliphatic carbocycles. The van der Waals surface area contributed by atoms with Crippen LogP contribution >= 0.6 is 0 Å². The molecule has 1 amide bonds. The number of amides is 1. The van der Waals surface area contributed by atoms with Crippen LogP contribution < -0.4 is 16.0 Å². The second-order valence-corrected chi connectivity index (χ2v) is 5.97. The Morgan fingerprint density at radius 1 is 1.32 bits per heavy atom. The molecule has 0 unspecified atom stereocenters. The molecule has 0 aromatic carbocycles. The van der Waals surface area contributed by atoms with Crippen molar-refractivity contribution in [3.63, 3.8) is 0 Å². The molecule has 3 aromatic rings. The van der Waals surface area contributed by atoms with Crippen molar-refractivity contribution in [1.29, 1.82) is 0 Å². The van der Waals surface area contributed by atoms with Crippen LogP contribution in [0.1, 0.15) is 12.0 Å². The van der Waals surface area contributed by atoms with E-state index in [1.165, 1.54) is 6.33 Å². The number of nitrogens with zero attached hydrogens (tertiary/aromatic N) is 6. The van der Waals surface area contributed by atoms with Crippen LogP contribution in [0, 0.1) is 6.92 Å². The second-order valence-electron chi connectivity index (χ2n) is 5.97. The number of rotatable bonds is 3.